The molecule has 3 aromatic rings. The molecule has 4 rings (SSSR count). The summed E-state index contributed by atoms with van der Waals surface area (Å²) in [6.45, 7) is 3.50. The van der Waals surface area contributed by atoms with E-state index in [0.29, 0.717) is 26.2 Å². The Morgan fingerprint density at radius 2 is 1.92 bits per heavy atom. The van der Waals surface area contributed by atoms with Crippen molar-refractivity contribution >= 4 is 16.8 Å². The van der Waals surface area contributed by atoms with E-state index in [1.54, 1.807) is 0 Å². The van der Waals surface area contributed by atoms with E-state index < -0.39 is 0 Å². The third kappa shape index (κ3) is 3.49. The van der Waals surface area contributed by atoms with Gasteiger partial charge in [0.25, 0.3) is 0 Å². The van der Waals surface area contributed by atoms with E-state index in [9.17, 15) is 4.79 Å². The second kappa shape index (κ2) is 7.07. The molecular weight excluding hydrogens is 330 g/mol. The molecule has 0 saturated carbocycles. The molecule has 2 N–H and O–H groups in total. The number of hydrogen-bond acceptors (Lipinski definition) is 4. The Morgan fingerprint density at radius 3 is 2.85 bits per heavy atom. The number of nitrogens with zero attached hydrogens (tertiary/aromatic N) is 1. The number of amides is 1. The van der Waals surface area contributed by atoms with Gasteiger partial charge in [0.1, 0.15) is 17.2 Å². The van der Waals surface area contributed by atoms with Crippen LogP contribution in [-0.4, -0.2) is 35.9 Å². The Balaban J connectivity index is 1.76. The first kappa shape index (κ1) is 16.4. The minimum absolute atomic E-state index is 0.0130. The summed E-state index contributed by atoms with van der Waals surface area (Å²) in [5, 5.41) is 11.5. The fraction of sp³-hybridized carbons (Fsp3) is 0.300. The Kier molecular flexibility index (Phi) is 4.48. The first-order valence-electron chi connectivity index (χ1n) is 8.81. The van der Waals surface area contributed by atoms with Crippen LogP contribution in [0.1, 0.15) is 18.4 Å². The van der Waals surface area contributed by atoms with Gasteiger partial charge in [0.05, 0.1) is 25.2 Å². The van der Waals surface area contributed by atoms with Crippen LogP contribution in [0.3, 0.4) is 0 Å². The lowest BCUT2D eigenvalue weighted by atomic mass is 10.0. The summed E-state index contributed by atoms with van der Waals surface area (Å²) in [4.78, 5) is 11.9. The van der Waals surface area contributed by atoms with Crippen molar-refractivity contribution in [3.05, 3.63) is 42.0 Å². The number of aryl methyl sites for hydroxylation is 1. The molecule has 0 atom stereocenters. The summed E-state index contributed by atoms with van der Waals surface area (Å²) in [6, 6.07) is 11.9. The summed E-state index contributed by atoms with van der Waals surface area (Å²) in [5.41, 5.74) is 3.88. The number of carbonyl (C=O) groups is 1. The predicted molar refractivity (Wildman–Crippen MR) is 99.5 cm³/mol. The molecule has 0 aliphatic carbocycles. The highest BCUT2D eigenvalue weighted by molar-refractivity contribution is 5.94. The molecule has 6 nitrogen and oxygen atoms in total. The van der Waals surface area contributed by atoms with Gasteiger partial charge in [-0.25, -0.2) is 0 Å². The van der Waals surface area contributed by atoms with E-state index >= 15 is 0 Å². The number of nitrogens with one attached hydrogen (secondary N) is 2. The maximum atomic E-state index is 11.9. The standard InChI is InChI=1S/C20H21N3O3/c1-13-9-14-11-16(10-13)26-8-5-19(24)21-6-2-7-25-15-3-4-18-17(12-15)20(14)23-22-18/h3-4,9-12H,2,5-8H2,1H3,(H,21,24)(H,22,23). The highest BCUT2D eigenvalue weighted by atomic mass is 16.5. The molecular formula is C20H21N3O3. The first-order chi connectivity index (χ1) is 12.7. The van der Waals surface area contributed by atoms with Crippen molar-refractivity contribution in [3.63, 3.8) is 0 Å². The van der Waals surface area contributed by atoms with Gasteiger partial charge < -0.3 is 14.8 Å². The second-order valence-corrected chi connectivity index (χ2v) is 6.46. The maximum absolute atomic E-state index is 11.9. The van der Waals surface area contributed by atoms with Gasteiger partial charge in [0.15, 0.2) is 0 Å². The predicted octanol–water partition coefficient (Wildman–Crippen LogP) is 3.21. The fourth-order valence-corrected chi connectivity index (χ4v) is 3.11. The summed E-state index contributed by atoms with van der Waals surface area (Å²) in [7, 11) is 0. The molecule has 4 bridgehead atoms. The minimum atomic E-state index is -0.0130. The molecule has 1 aromatic heterocycles. The van der Waals surface area contributed by atoms with E-state index in [4.69, 9.17) is 9.47 Å². The molecule has 134 valence electrons. The van der Waals surface area contributed by atoms with Crippen molar-refractivity contribution in [2.24, 2.45) is 0 Å². The second-order valence-electron chi connectivity index (χ2n) is 6.46. The van der Waals surface area contributed by atoms with E-state index in [2.05, 4.69) is 21.6 Å². The van der Waals surface area contributed by atoms with Gasteiger partial charge in [-0.1, -0.05) is 0 Å². The molecule has 1 aliphatic rings. The van der Waals surface area contributed by atoms with Crippen LogP contribution in [0, 0.1) is 6.92 Å². The van der Waals surface area contributed by atoms with Crippen LogP contribution in [0.4, 0.5) is 0 Å². The molecule has 0 radical (unpaired) electrons. The third-order valence-electron chi connectivity index (χ3n) is 4.37. The van der Waals surface area contributed by atoms with Crippen molar-refractivity contribution in [1.82, 2.24) is 15.5 Å². The quantitative estimate of drug-likeness (QED) is 0.652. The molecule has 0 fully saturated rings. The zero-order valence-electron chi connectivity index (χ0n) is 14.7. The fourth-order valence-electron chi connectivity index (χ4n) is 3.11. The molecule has 2 aromatic carbocycles. The Hall–Kier alpha value is -3.02. The third-order valence-corrected chi connectivity index (χ3v) is 4.37. The van der Waals surface area contributed by atoms with Gasteiger partial charge in [-0.2, -0.15) is 5.10 Å². The van der Waals surface area contributed by atoms with Crippen molar-refractivity contribution in [1.29, 1.82) is 0 Å². The molecule has 0 spiro atoms. The van der Waals surface area contributed by atoms with E-state index in [-0.39, 0.29) is 5.91 Å². The van der Waals surface area contributed by atoms with Crippen LogP contribution in [-0.2, 0) is 4.79 Å². The smallest absolute Gasteiger partial charge is 0.223 e. The van der Waals surface area contributed by atoms with Crippen LogP contribution >= 0.6 is 0 Å². The van der Waals surface area contributed by atoms with Crippen molar-refractivity contribution in [2.45, 2.75) is 19.8 Å². The van der Waals surface area contributed by atoms with Gasteiger partial charge in [-0.3, -0.25) is 9.89 Å². The average Bonchev–Trinajstić information content (AvgIpc) is 3.03. The summed E-state index contributed by atoms with van der Waals surface area (Å²) in [5.74, 6) is 1.52. The van der Waals surface area contributed by atoms with E-state index in [1.807, 2.05) is 37.3 Å². The topological polar surface area (TPSA) is 76.2 Å². The highest BCUT2D eigenvalue weighted by Crippen LogP contribution is 2.32. The SMILES string of the molecule is Cc1cc2cc(c1)-c1n[nH]c3ccc(cc13)OCCCNC(=O)CCO2. The molecule has 26 heavy (non-hydrogen) atoms. The van der Waals surface area contributed by atoms with Crippen LogP contribution in [0.15, 0.2) is 36.4 Å². The van der Waals surface area contributed by atoms with E-state index in [1.165, 1.54) is 0 Å². The van der Waals surface area contributed by atoms with Crippen LogP contribution in [0.2, 0.25) is 0 Å². The molecule has 0 saturated heterocycles. The number of aromatic amines is 1. The molecule has 6 heteroatoms. The minimum Gasteiger partial charge on any atom is -0.494 e. The lowest BCUT2D eigenvalue weighted by Crippen LogP contribution is -2.26. The number of carbonyl (C=O) groups excluding carboxylic acids is 1. The van der Waals surface area contributed by atoms with Crippen molar-refractivity contribution < 1.29 is 14.3 Å². The number of rotatable bonds is 0. The normalized spacial score (nSPS) is 15.3. The first-order valence-corrected chi connectivity index (χ1v) is 8.81. The lowest BCUT2D eigenvalue weighted by molar-refractivity contribution is -0.121. The lowest BCUT2D eigenvalue weighted by Gasteiger charge is -2.11. The largest absolute Gasteiger partial charge is 0.494 e. The average molecular weight is 351 g/mol. The highest BCUT2D eigenvalue weighted by Gasteiger charge is 2.12. The number of benzene rings is 2. The Morgan fingerprint density at radius 1 is 1.04 bits per heavy atom. The molecule has 2 heterocycles. The van der Waals surface area contributed by atoms with Gasteiger partial charge >= 0.3 is 0 Å². The van der Waals surface area contributed by atoms with Crippen LogP contribution in [0.5, 0.6) is 11.5 Å². The number of aromatic nitrogens is 2. The van der Waals surface area contributed by atoms with Gasteiger partial charge in [0, 0.05) is 17.5 Å². The number of fused-ring (bicyclic) bond motifs is 4. The van der Waals surface area contributed by atoms with Gasteiger partial charge in [-0.15, -0.1) is 0 Å². The van der Waals surface area contributed by atoms with Crippen LogP contribution < -0.4 is 14.8 Å². The Bertz CT molecular complexity index is 949. The van der Waals surface area contributed by atoms with E-state index in [0.717, 1.165) is 45.6 Å². The van der Waals surface area contributed by atoms with Crippen molar-refractivity contribution in [3.8, 4) is 22.8 Å². The zero-order valence-corrected chi connectivity index (χ0v) is 14.7. The maximum Gasteiger partial charge on any atom is 0.223 e. The summed E-state index contributed by atoms with van der Waals surface area (Å²) < 4.78 is 11.6. The number of H-pyrrole nitrogens is 1. The molecule has 1 aliphatic heterocycles. The van der Waals surface area contributed by atoms with Crippen molar-refractivity contribution in [2.75, 3.05) is 19.8 Å². The number of hydrogen-bond donors (Lipinski definition) is 2. The van der Waals surface area contributed by atoms with Crippen LogP contribution in [0.25, 0.3) is 22.2 Å². The zero-order chi connectivity index (χ0) is 17.9. The molecule has 1 amide bonds. The Labute approximate surface area is 151 Å². The molecule has 0 unspecified atom stereocenters. The van der Waals surface area contributed by atoms with Gasteiger partial charge in [-0.05, 0) is 55.3 Å². The summed E-state index contributed by atoms with van der Waals surface area (Å²) >= 11 is 0. The summed E-state index contributed by atoms with van der Waals surface area (Å²) in [6.07, 6.45) is 1.08. The monoisotopic (exact) mass is 351 g/mol. The number of ether oxygens (including phenoxy) is 2. The van der Waals surface area contributed by atoms with Gasteiger partial charge in [0.2, 0.25) is 5.91 Å².